The van der Waals surface area contributed by atoms with Crippen LogP contribution in [0.2, 0.25) is 0 Å². The summed E-state index contributed by atoms with van der Waals surface area (Å²) in [4.78, 5) is 44.8. The van der Waals surface area contributed by atoms with Crippen molar-refractivity contribution in [2.75, 3.05) is 56.7 Å². The Labute approximate surface area is 203 Å². The number of fused-ring (bicyclic) bond motifs is 1. The Balaban J connectivity index is 1.49. The highest BCUT2D eigenvalue weighted by Crippen LogP contribution is 2.29. The van der Waals surface area contributed by atoms with Crippen LogP contribution in [0, 0.1) is 0 Å². The third kappa shape index (κ3) is 5.32. The molecule has 2 N–H and O–H groups in total. The number of nitrogens with one attached hydrogen (secondary N) is 2. The number of benzene rings is 2. The number of piperazine rings is 1. The molecule has 1 amide bonds. The molecule has 1 aliphatic heterocycles. The molecule has 186 valence electrons. The van der Waals surface area contributed by atoms with E-state index in [4.69, 9.17) is 9.47 Å². The van der Waals surface area contributed by atoms with Gasteiger partial charge in [0.05, 0.1) is 36.0 Å². The fourth-order valence-corrected chi connectivity index (χ4v) is 4.39. The number of carbonyl (C=O) groups excluding carboxylic acids is 1. The van der Waals surface area contributed by atoms with E-state index in [2.05, 4.69) is 26.2 Å². The number of methoxy groups -OCH3 is 1. The van der Waals surface area contributed by atoms with Crippen molar-refractivity contribution in [3.63, 3.8) is 0 Å². The Morgan fingerprint density at radius 1 is 1.06 bits per heavy atom. The fourth-order valence-electron chi connectivity index (χ4n) is 4.39. The van der Waals surface area contributed by atoms with E-state index in [1.165, 1.54) is 11.5 Å². The number of rotatable bonds is 8. The number of aromatic nitrogens is 2. The van der Waals surface area contributed by atoms with Gasteiger partial charge in [0.1, 0.15) is 11.5 Å². The SMILES string of the molecule is CCOc1cc2[nH]c(=O)n(CCN3CCN(c4ccccc4OC)CC3)c(=O)c2cc1NC(C)=O. The maximum atomic E-state index is 13.2. The zero-order chi connectivity index (χ0) is 24.9. The molecule has 0 atom stereocenters. The fraction of sp³-hybridized carbons (Fsp3) is 0.400. The number of hydrogen-bond donors (Lipinski definition) is 2. The van der Waals surface area contributed by atoms with E-state index in [1.807, 2.05) is 25.1 Å². The van der Waals surface area contributed by atoms with Crippen LogP contribution >= 0.6 is 0 Å². The molecule has 1 saturated heterocycles. The molecule has 10 heteroatoms. The molecule has 1 aliphatic rings. The van der Waals surface area contributed by atoms with E-state index in [-0.39, 0.29) is 12.5 Å². The van der Waals surface area contributed by atoms with Crippen LogP contribution in [0.4, 0.5) is 11.4 Å². The van der Waals surface area contributed by atoms with Crippen LogP contribution in [-0.2, 0) is 11.3 Å². The molecule has 4 rings (SSSR count). The third-order valence-corrected chi connectivity index (χ3v) is 6.13. The summed E-state index contributed by atoms with van der Waals surface area (Å²) in [6, 6.07) is 11.1. The molecule has 35 heavy (non-hydrogen) atoms. The zero-order valence-electron chi connectivity index (χ0n) is 20.3. The van der Waals surface area contributed by atoms with Gasteiger partial charge < -0.3 is 24.7 Å². The lowest BCUT2D eigenvalue weighted by molar-refractivity contribution is -0.114. The number of ether oxygens (including phenoxy) is 2. The van der Waals surface area contributed by atoms with E-state index in [9.17, 15) is 14.4 Å². The van der Waals surface area contributed by atoms with Gasteiger partial charge in [0.2, 0.25) is 5.91 Å². The van der Waals surface area contributed by atoms with E-state index in [0.29, 0.717) is 35.5 Å². The predicted octanol–water partition coefficient (Wildman–Crippen LogP) is 1.88. The molecular formula is C25H31N5O5. The first-order valence-electron chi connectivity index (χ1n) is 11.7. The van der Waals surface area contributed by atoms with Gasteiger partial charge >= 0.3 is 5.69 Å². The third-order valence-electron chi connectivity index (χ3n) is 6.13. The minimum Gasteiger partial charge on any atom is -0.495 e. The van der Waals surface area contributed by atoms with E-state index < -0.39 is 11.2 Å². The average molecular weight is 482 g/mol. The van der Waals surface area contributed by atoms with Gasteiger partial charge in [-0.05, 0) is 25.1 Å². The van der Waals surface area contributed by atoms with Crippen molar-refractivity contribution in [3.8, 4) is 11.5 Å². The van der Waals surface area contributed by atoms with Gasteiger partial charge in [0.15, 0.2) is 0 Å². The molecule has 0 saturated carbocycles. The molecule has 2 heterocycles. The van der Waals surface area contributed by atoms with Gasteiger partial charge in [-0.2, -0.15) is 0 Å². The van der Waals surface area contributed by atoms with Gasteiger partial charge in [0.25, 0.3) is 5.56 Å². The summed E-state index contributed by atoms with van der Waals surface area (Å²) in [6.45, 7) is 7.69. The molecule has 0 aliphatic carbocycles. The zero-order valence-corrected chi connectivity index (χ0v) is 20.3. The monoisotopic (exact) mass is 481 g/mol. The van der Waals surface area contributed by atoms with Gasteiger partial charge in [0, 0.05) is 52.3 Å². The maximum absolute atomic E-state index is 13.2. The smallest absolute Gasteiger partial charge is 0.328 e. The van der Waals surface area contributed by atoms with Crippen LogP contribution in [0.15, 0.2) is 46.0 Å². The molecule has 1 fully saturated rings. The normalized spacial score (nSPS) is 14.2. The first-order chi connectivity index (χ1) is 16.9. The molecule has 0 radical (unpaired) electrons. The molecule has 2 aromatic carbocycles. The lowest BCUT2D eigenvalue weighted by atomic mass is 10.2. The molecule has 0 bridgehead atoms. The summed E-state index contributed by atoms with van der Waals surface area (Å²) in [5.41, 5.74) is 0.975. The summed E-state index contributed by atoms with van der Waals surface area (Å²) in [5.74, 6) is 0.972. The Morgan fingerprint density at radius 2 is 1.80 bits per heavy atom. The topological polar surface area (TPSA) is 109 Å². The summed E-state index contributed by atoms with van der Waals surface area (Å²) in [7, 11) is 1.67. The van der Waals surface area contributed by atoms with Crippen molar-refractivity contribution < 1.29 is 14.3 Å². The van der Waals surface area contributed by atoms with E-state index >= 15 is 0 Å². The van der Waals surface area contributed by atoms with Gasteiger partial charge in [-0.1, -0.05) is 12.1 Å². The lowest BCUT2D eigenvalue weighted by Crippen LogP contribution is -2.48. The molecular weight excluding hydrogens is 450 g/mol. The van der Waals surface area contributed by atoms with Crippen molar-refractivity contribution in [2.45, 2.75) is 20.4 Å². The molecule has 3 aromatic rings. The first-order valence-corrected chi connectivity index (χ1v) is 11.7. The van der Waals surface area contributed by atoms with Crippen LogP contribution in [0.1, 0.15) is 13.8 Å². The van der Waals surface area contributed by atoms with Crippen molar-refractivity contribution in [1.82, 2.24) is 14.5 Å². The highest BCUT2D eigenvalue weighted by atomic mass is 16.5. The average Bonchev–Trinajstić information content (AvgIpc) is 2.85. The second-order valence-electron chi connectivity index (χ2n) is 8.40. The van der Waals surface area contributed by atoms with Crippen molar-refractivity contribution >= 4 is 28.2 Å². The summed E-state index contributed by atoms with van der Waals surface area (Å²) >= 11 is 0. The quantitative estimate of drug-likeness (QED) is 0.506. The number of amides is 1. The van der Waals surface area contributed by atoms with Crippen molar-refractivity contribution in [2.24, 2.45) is 0 Å². The number of anilines is 2. The van der Waals surface area contributed by atoms with Crippen LogP contribution in [-0.4, -0.2) is 66.8 Å². The highest BCUT2D eigenvalue weighted by Gasteiger charge is 2.20. The second kappa shape index (κ2) is 10.6. The number of para-hydroxylation sites is 2. The van der Waals surface area contributed by atoms with Crippen molar-refractivity contribution in [3.05, 3.63) is 57.2 Å². The predicted molar refractivity (Wildman–Crippen MR) is 136 cm³/mol. The van der Waals surface area contributed by atoms with Gasteiger partial charge in [-0.3, -0.25) is 19.1 Å². The Bertz CT molecular complexity index is 1320. The number of H-pyrrole nitrogens is 1. The minimum atomic E-state index is -0.468. The standard InChI is InChI=1S/C25H31N5O5/c1-4-35-23-16-19-18(15-20(23)26-17(2)31)24(32)30(25(33)27-19)14-11-28-9-12-29(13-10-28)21-7-5-6-8-22(21)34-3/h5-8,15-16H,4,9-14H2,1-3H3,(H,26,31)(H,27,33). The Morgan fingerprint density at radius 3 is 2.49 bits per heavy atom. The first kappa shape index (κ1) is 24.3. The van der Waals surface area contributed by atoms with Gasteiger partial charge in [-0.25, -0.2) is 4.79 Å². The molecule has 1 aromatic heterocycles. The van der Waals surface area contributed by atoms with Crippen LogP contribution in [0.3, 0.4) is 0 Å². The molecule has 0 spiro atoms. The van der Waals surface area contributed by atoms with Gasteiger partial charge in [-0.15, -0.1) is 0 Å². The van der Waals surface area contributed by atoms with Crippen LogP contribution < -0.4 is 30.9 Å². The second-order valence-corrected chi connectivity index (χ2v) is 8.40. The van der Waals surface area contributed by atoms with Crippen molar-refractivity contribution in [1.29, 1.82) is 0 Å². The van der Waals surface area contributed by atoms with E-state index in [1.54, 1.807) is 19.2 Å². The molecule has 0 unspecified atom stereocenters. The minimum absolute atomic E-state index is 0.265. The number of nitrogens with zero attached hydrogens (tertiary/aromatic N) is 3. The molecule has 10 nitrogen and oxygen atoms in total. The Kier molecular flexibility index (Phi) is 7.40. The largest absolute Gasteiger partial charge is 0.495 e. The summed E-state index contributed by atoms with van der Waals surface area (Å²) in [5, 5.41) is 3.01. The van der Waals surface area contributed by atoms with E-state index in [0.717, 1.165) is 37.6 Å². The maximum Gasteiger partial charge on any atom is 0.328 e. The lowest BCUT2D eigenvalue weighted by Gasteiger charge is -2.36. The van der Waals surface area contributed by atoms with Crippen LogP contribution in [0.25, 0.3) is 10.9 Å². The Hall–Kier alpha value is -3.79. The summed E-state index contributed by atoms with van der Waals surface area (Å²) in [6.07, 6.45) is 0. The number of aromatic amines is 1. The highest BCUT2D eigenvalue weighted by molar-refractivity contribution is 5.94. The number of hydrogen-bond acceptors (Lipinski definition) is 7. The van der Waals surface area contributed by atoms with Crippen LogP contribution in [0.5, 0.6) is 11.5 Å². The summed E-state index contributed by atoms with van der Waals surface area (Å²) < 4.78 is 12.3. The number of carbonyl (C=O) groups is 1.